The summed E-state index contributed by atoms with van der Waals surface area (Å²) >= 11 is 0. The van der Waals surface area contributed by atoms with E-state index >= 15 is 0 Å². The van der Waals surface area contributed by atoms with Gasteiger partial charge < -0.3 is 14.6 Å². The molecule has 1 aromatic carbocycles. The van der Waals surface area contributed by atoms with E-state index in [4.69, 9.17) is 14.6 Å². The van der Waals surface area contributed by atoms with Gasteiger partial charge in [0, 0.05) is 0 Å². The Balaban J connectivity index is 2.43. The molecule has 1 aromatic rings. The molecule has 0 radical (unpaired) electrons. The zero-order valence-corrected chi connectivity index (χ0v) is 12.3. The Hall–Kier alpha value is -1.71. The zero-order chi connectivity index (χ0) is 14.7. The number of hydrogen-bond donors (Lipinski definition) is 1. The van der Waals surface area contributed by atoms with Gasteiger partial charge in [0.25, 0.3) is 0 Å². The van der Waals surface area contributed by atoms with Crippen LogP contribution in [0.3, 0.4) is 0 Å². The zero-order valence-electron chi connectivity index (χ0n) is 12.3. The molecule has 2 rings (SSSR count). The van der Waals surface area contributed by atoms with Gasteiger partial charge in [-0.3, -0.25) is 4.79 Å². The highest BCUT2D eigenvalue weighted by Crippen LogP contribution is 2.47. The van der Waals surface area contributed by atoms with Crippen molar-refractivity contribution in [1.82, 2.24) is 0 Å². The van der Waals surface area contributed by atoms with E-state index in [-0.39, 0.29) is 12.3 Å². The lowest BCUT2D eigenvalue weighted by Crippen LogP contribution is -2.11. The van der Waals surface area contributed by atoms with Crippen LogP contribution in [0.5, 0.6) is 11.5 Å². The van der Waals surface area contributed by atoms with Crippen molar-refractivity contribution < 1.29 is 19.4 Å². The summed E-state index contributed by atoms with van der Waals surface area (Å²) in [6.07, 6.45) is 3.29. The minimum absolute atomic E-state index is 0.0854. The van der Waals surface area contributed by atoms with Gasteiger partial charge in [-0.25, -0.2) is 0 Å². The Morgan fingerprint density at radius 3 is 2.35 bits per heavy atom. The van der Waals surface area contributed by atoms with Gasteiger partial charge in [-0.15, -0.1) is 0 Å². The summed E-state index contributed by atoms with van der Waals surface area (Å²) in [5.41, 5.74) is 2.26. The number of carbonyl (C=O) groups is 1. The minimum Gasteiger partial charge on any atom is -0.493 e. The molecule has 4 nitrogen and oxygen atoms in total. The van der Waals surface area contributed by atoms with Gasteiger partial charge in [0.05, 0.1) is 20.6 Å². The first-order valence-electron chi connectivity index (χ1n) is 7.07. The molecule has 0 heterocycles. The quantitative estimate of drug-likeness (QED) is 0.832. The van der Waals surface area contributed by atoms with Crippen LogP contribution in [-0.2, 0) is 11.2 Å². The first-order valence-corrected chi connectivity index (χ1v) is 7.07. The third kappa shape index (κ3) is 3.06. The number of hydrogen-bond acceptors (Lipinski definition) is 3. The topological polar surface area (TPSA) is 55.8 Å². The van der Waals surface area contributed by atoms with Crippen molar-refractivity contribution in [1.29, 1.82) is 0 Å². The second-order valence-corrected chi connectivity index (χ2v) is 5.30. The van der Waals surface area contributed by atoms with Gasteiger partial charge in [0.15, 0.2) is 11.5 Å². The molecule has 1 fully saturated rings. The molecule has 0 spiro atoms. The average Bonchev–Trinajstić information content (AvgIpc) is 3.27. The van der Waals surface area contributed by atoms with Crippen molar-refractivity contribution in [3.8, 4) is 11.5 Å². The molecular weight excluding hydrogens is 256 g/mol. The third-order valence-electron chi connectivity index (χ3n) is 4.01. The van der Waals surface area contributed by atoms with E-state index in [1.54, 1.807) is 14.2 Å². The molecule has 20 heavy (non-hydrogen) atoms. The fourth-order valence-corrected chi connectivity index (χ4v) is 2.81. The van der Waals surface area contributed by atoms with E-state index < -0.39 is 5.97 Å². The van der Waals surface area contributed by atoms with Crippen molar-refractivity contribution in [3.05, 3.63) is 23.3 Å². The maximum absolute atomic E-state index is 11.1. The lowest BCUT2D eigenvalue weighted by atomic mass is 9.86. The molecule has 4 heteroatoms. The number of aryl methyl sites for hydroxylation is 1. The van der Waals surface area contributed by atoms with E-state index in [1.165, 1.54) is 0 Å². The van der Waals surface area contributed by atoms with Crippen molar-refractivity contribution in [3.63, 3.8) is 0 Å². The first-order chi connectivity index (χ1) is 9.60. The highest BCUT2D eigenvalue weighted by atomic mass is 16.5. The molecule has 110 valence electrons. The van der Waals surface area contributed by atoms with Gasteiger partial charge in [0.1, 0.15) is 0 Å². The van der Waals surface area contributed by atoms with E-state index in [2.05, 4.69) is 6.92 Å². The molecule has 1 saturated carbocycles. The molecule has 1 aliphatic rings. The van der Waals surface area contributed by atoms with Crippen LogP contribution < -0.4 is 9.47 Å². The second-order valence-electron chi connectivity index (χ2n) is 5.30. The van der Waals surface area contributed by atoms with Crippen LogP contribution in [0.4, 0.5) is 0 Å². The second kappa shape index (κ2) is 6.16. The Bertz CT molecular complexity index is 491. The summed E-state index contributed by atoms with van der Waals surface area (Å²) in [5.74, 6) is 1.23. The molecule has 0 aromatic heterocycles. The van der Waals surface area contributed by atoms with Crippen molar-refractivity contribution >= 4 is 5.97 Å². The number of carboxylic acid groups (broad SMARTS) is 1. The molecule has 1 aliphatic carbocycles. The van der Waals surface area contributed by atoms with Gasteiger partial charge in [-0.1, -0.05) is 6.92 Å². The highest BCUT2D eigenvalue weighted by molar-refractivity contribution is 5.68. The maximum atomic E-state index is 11.1. The lowest BCUT2D eigenvalue weighted by Gasteiger charge is -2.20. The summed E-state index contributed by atoms with van der Waals surface area (Å²) < 4.78 is 10.7. The number of methoxy groups -OCH3 is 2. The fourth-order valence-electron chi connectivity index (χ4n) is 2.81. The SMILES string of the molecule is CCc1cc(OC)c(OC)cc1C(CC(=O)O)C1CC1. The average molecular weight is 278 g/mol. The lowest BCUT2D eigenvalue weighted by molar-refractivity contribution is -0.137. The molecular formula is C16H22O4. The van der Waals surface area contributed by atoms with Crippen LogP contribution in [0.25, 0.3) is 0 Å². The molecule has 1 atom stereocenters. The molecule has 1 N–H and O–H groups in total. The Morgan fingerprint density at radius 1 is 1.30 bits per heavy atom. The summed E-state index contributed by atoms with van der Waals surface area (Å²) in [6, 6.07) is 3.94. The van der Waals surface area contributed by atoms with Gasteiger partial charge in [-0.2, -0.15) is 0 Å². The Labute approximate surface area is 119 Å². The van der Waals surface area contributed by atoms with E-state index in [0.717, 1.165) is 30.4 Å². The summed E-state index contributed by atoms with van der Waals surface area (Å²) in [6.45, 7) is 2.08. The summed E-state index contributed by atoms with van der Waals surface area (Å²) in [4.78, 5) is 11.1. The monoisotopic (exact) mass is 278 g/mol. The predicted octanol–water partition coefficient (Wildman–Crippen LogP) is 3.23. The van der Waals surface area contributed by atoms with Crippen molar-refractivity contribution in [2.24, 2.45) is 5.92 Å². The largest absolute Gasteiger partial charge is 0.493 e. The first kappa shape index (κ1) is 14.7. The summed E-state index contributed by atoms with van der Waals surface area (Å²) in [5, 5.41) is 9.16. The number of ether oxygens (including phenoxy) is 2. The fraction of sp³-hybridized carbons (Fsp3) is 0.562. The minimum atomic E-state index is -0.737. The molecule has 0 bridgehead atoms. The number of carboxylic acids is 1. The number of rotatable bonds is 7. The third-order valence-corrected chi connectivity index (χ3v) is 4.01. The van der Waals surface area contributed by atoms with E-state index in [0.29, 0.717) is 17.4 Å². The van der Waals surface area contributed by atoms with Crippen LogP contribution in [0.15, 0.2) is 12.1 Å². The Kier molecular flexibility index (Phi) is 4.53. The highest BCUT2D eigenvalue weighted by Gasteiger charge is 2.35. The van der Waals surface area contributed by atoms with Crippen LogP contribution in [-0.4, -0.2) is 25.3 Å². The van der Waals surface area contributed by atoms with Crippen molar-refractivity contribution in [2.45, 2.75) is 38.5 Å². The smallest absolute Gasteiger partial charge is 0.303 e. The normalized spacial score (nSPS) is 15.8. The van der Waals surface area contributed by atoms with E-state index in [9.17, 15) is 4.79 Å². The molecule has 1 unspecified atom stereocenters. The number of benzene rings is 1. The van der Waals surface area contributed by atoms with Crippen LogP contribution in [0, 0.1) is 5.92 Å². The Morgan fingerprint density at radius 2 is 1.90 bits per heavy atom. The van der Waals surface area contributed by atoms with Crippen LogP contribution in [0.1, 0.15) is 43.2 Å². The standard InChI is InChI=1S/C16H22O4/c1-4-10-7-14(19-2)15(20-3)8-12(10)13(9-16(17)18)11-5-6-11/h7-8,11,13H,4-6,9H2,1-3H3,(H,17,18). The van der Waals surface area contributed by atoms with Crippen LogP contribution >= 0.6 is 0 Å². The predicted molar refractivity (Wildman–Crippen MR) is 76.6 cm³/mol. The molecule has 0 saturated heterocycles. The van der Waals surface area contributed by atoms with Gasteiger partial charge >= 0.3 is 5.97 Å². The maximum Gasteiger partial charge on any atom is 0.303 e. The van der Waals surface area contributed by atoms with Crippen LogP contribution in [0.2, 0.25) is 0 Å². The molecule has 0 amide bonds. The van der Waals surface area contributed by atoms with Gasteiger partial charge in [0.2, 0.25) is 0 Å². The molecule has 0 aliphatic heterocycles. The summed E-state index contributed by atoms with van der Waals surface area (Å²) in [7, 11) is 3.23. The van der Waals surface area contributed by atoms with Gasteiger partial charge in [-0.05, 0) is 54.4 Å². The van der Waals surface area contributed by atoms with E-state index in [1.807, 2.05) is 12.1 Å². The number of aliphatic carboxylic acids is 1. The van der Waals surface area contributed by atoms with Crippen molar-refractivity contribution in [2.75, 3.05) is 14.2 Å².